The zero-order valence-corrected chi connectivity index (χ0v) is 17.4. The Hall–Kier alpha value is -3.85. The number of nitrogens with one attached hydrogen (secondary N) is 2. The van der Waals surface area contributed by atoms with Crippen LogP contribution in [0.4, 0.5) is 11.4 Å². The number of aryl methyl sites for hydroxylation is 2. The van der Waals surface area contributed by atoms with Crippen LogP contribution < -0.4 is 5.32 Å². The third-order valence-electron chi connectivity index (χ3n) is 5.66. The molecule has 0 amide bonds. The predicted octanol–water partition coefficient (Wildman–Crippen LogP) is 7.15. The van der Waals surface area contributed by atoms with E-state index < -0.39 is 0 Å². The molecule has 0 aliphatic rings. The van der Waals surface area contributed by atoms with E-state index in [1.807, 2.05) is 30.5 Å². The van der Waals surface area contributed by atoms with Crippen LogP contribution in [0.25, 0.3) is 22.2 Å². The summed E-state index contributed by atoms with van der Waals surface area (Å²) in [5.74, 6) is 0. The minimum atomic E-state index is 0.972. The van der Waals surface area contributed by atoms with Crippen molar-refractivity contribution in [2.45, 2.75) is 19.3 Å². The number of benzene rings is 3. The second kappa shape index (κ2) is 8.88. The molecule has 2 N–H and O–H groups in total. The van der Waals surface area contributed by atoms with Gasteiger partial charge in [0.25, 0.3) is 0 Å². The maximum Gasteiger partial charge on any atom is 0.0722 e. The van der Waals surface area contributed by atoms with Crippen molar-refractivity contribution >= 4 is 22.3 Å². The number of aromatic amines is 1. The fraction of sp³-hybridized carbons (Fsp3) is 0.107. The lowest BCUT2D eigenvalue weighted by Crippen LogP contribution is -1.94. The molecule has 0 saturated carbocycles. The summed E-state index contributed by atoms with van der Waals surface area (Å²) in [6.45, 7) is 0. The van der Waals surface area contributed by atoms with Gasteiger partial charge in [0.05, 0.1) is 5.69 Å². The van der Waals surface area contributed by atoms with Gasteiger partial charge in [0, 0.05) is 40.2 Å². The molecule has 5 aromatic rings. The Labute approximate surface area is 182 Å². The summed E-state index contributed by atoms with van der Waals surface area (Å²) in [6, 6.07) is 31.6. The average Bonchev–Trinajstić information content (AvgIpc) is 3.24. The van der Waals surface area contributed by atoms with Gasteiger partial charge in [0.15, 0.2) is 0 Å². The van der Waals surface area contributed by atoms with E-state index in [0.717, 1.165) is 41.9 Å². The molecule has 0 spiro atoms. The third kappa shape index (κ3) is 4.51. The summed E-state index contributed by atoms with van der Waals surface area (Å²) >= 11 is 0. The van der Waals surface area contributed by atoms with Gasteiger partial charge in [-0.1, -0.05) is 60.7 Å². The van der Waals surface area contributed by atoms with Crippen molar-refractivity contribution in [3.63, 3.8) is 0 Å². The highest BCUT2D eigenvalue weighted by molar-refractivity contribution is 5.83. The molecule has 0 radical (unpaired) electrons. The number of nitrogens with zero attached hydrogens (tertiary/aromatic N) is 1. The minimum Gasteiger partial charge on any atom is -0.361 e. The van der Waals surface area contributed by atoms with Crippen molar-refractivity contribution in [1.29, 1.82) is 0 Å². The maximum absolute atomic E-state index is 4.50. The van der Waals surface area contributed by atoms with Crippen LogP contribution in [0.5, 0.6) is 0 Å². The Morgan fingerprint density at radius 3 is 2.42 bits per heavy atom. The smallest absolute Gasteiger partial charge is 0.0722 e. The van der Waals surface area contributed by atoms with Crippen molar-refractivity contribution in [3.8, 4) is 11.3 Å². The van der Waals surface area contributed by atoms with E-state index in [1.54, 1.807) is 0 Å². The first-order chi connectivity index (χ1) is 15.3. The van der Waals surface area contributed by atoms with E-state index in [2.05, 4.69) is 88.2 Å². The normalized spacial score (nSPS) is 11.0. The fourth-order valence-corrected chi connectivity index (χ4v) is 4.02. The number of H-pyrrole nitrogens is 1. The number of para-hydroxylation sites is 1. The number of anilines is 2. The van der Waals surface area contributed by atoms with Crippen molar-refractivity contribution in [3.05, 3.63) is 115 Å². The molecule has 0 saturated heterocycles. The van der Waals surface area contributed by atoms with Gasteiger partial charge in [-0.05, 0) is 60.7 Å². The highest BCUT2D eigenvalue weighted by atomic mass is 14.9. The van der Waals surface area contributed by atoms with E-state index in [0.29, 0.717) is 0 Å². The first kappa shape index (κ1) is 19.1. The van der Waals surface area contributed by atoms with Crippen molar-refractivity contribution in [2.24, 2.45) is 0 Å². The van der Waals surface area contributed by atoms with Crippen LogP contribution in [0.2, 0.25) is 0 Å². The summed E-state index contributed by atoms with van der Waals surface area (Å²) in [7, 11) is 0. The largest absolute Gasteiger partial charge is 0.361 e. The lowest BCUT2D eigenvalue weighted by atomic mass is 10.0. The van der Waals surface area contributed by atoms with Crippen LogP contribution >= 0.6 is 0 Å². The number of hydrogen-bond donors (Lipinski definition) is 2. The molecule has 0 bridgehead atoms. The topological polar surface area (TPSA) is 40.7 Å². The Balaban J connectivity index is 1.20. The molecule has 3 heteroatoms. The quantitative estimate of drug-likeness (QED) is 0.303. The van der Waals surface area contributed by atoms with Crippen LogP contribution in [-0.4, -0.2) is 9.97 Å². The van der Waals surface area contributed by atoms with E-state index in [1.165, 1.54) is 22.0 Å². The van der Waals surface area contributed by atoms with Gasteiger partial charge in [0.1, 0.15) is 0 Å². The molecular formula is C28H25N3. The summed E-state index contributed by atoms with van der Waals surface area (Å²) < 4.78 is 0. The van der Waals surface area contributed by atoms with E-state index in [4.69, 9.17) is 0 Å². The molecule has 0 aliphatic carbocycles. The Kier molecular flexibility index (Phi) is 5.48. The first-order valence-corrected chi connectivity index (χ1v) is 10.8. The van der Waals surface area contributed by atoms with E-state index in [9.17, 15) is 0 Å². The summed E-state index contributed by atoms with van der Waals surface area (Å²) in [5, 5.41) is 4.84. The van der Waals surface area contributed by atoms with Gasteiger partial charge in [-0.2, -0.15) is 0 Å². The molecule has 0 unspecified atom stereocenters. The third-order valence-corrected chi connectivity index (χ3v) is 5.66. The predicted molar refractivity (Wildman–Crippen MR) is 130 cm³/mol. The standard InChI is InChI=1S/C28H25N3/c1-2-8-22(9-3-1)28-19-25(17-18-29-28)31-24-15-13-21(14-16-24)7-6-10-23-20-30-27-12-5-4-11-26(23)27/h1-5,8-9,11-20,30H,6-7,10H2,(H,29,31). The van der Waals surface area contributed by atoms with Gasteiger partial charge in [0.2, 0.25) is 0 Å². The van der Waals surface area contributed by atoms with Crippen molar-refractivity contribution in [1.82, 2.24) is 9.97 Å². The summed E-state index contributed by atoms with van der Waals surface area (Å²) in [4.78, 5) is 7.87. The number of rotatable bonds is 7. The van der Waals surface area contributed by atoms with E-state index >= 15 is 0 Å². The molecule has 152 valence electrons. The van der Waals surface area contributed by atoms with Gasteiger partial charge < -0.3 is 10.3 Å². The zero-order chi connectivity index (χ0) is 20.9. The Morgan fingerprint density at radius 2 is 1.55 bits per heavy atom. The number of pyridine rings is 1. The lowest BCUT2D eigenvalue weighted by molar-refractivity contribution is 0.825. The van der Waals surface area contributed by atoms with Gasteiger partial charge in [-0.3, -0.25) is 4.98 Å². The first-order valence-electron chi connectivity index (χ1n) is 10.8. The molecule has 0 aliphatic heterocycles. The van der Waals surface area contributed by atoms with Crippen molar-refractivity contribution in [2.75, 3.05) is 5.32 Å². The fourth-order valence-electron chi connectivity index (χ4n) is 4.02. The summed E-state index contributed by atoms with van der Waals surface area (Å²) in [5.41, 5.74) is 8.22. The second-order valence-electron chi connectivity index (χ2n) is 7.83. The van der Waals surface area contributed by atoms with Crippen LogP contribution in [0.1, 0.15) is 17.5 Å². The minimum absolute atomic E-state index is 0.972. The molecule has 3 nitrogen and oxygen atoms in total. The Morgan fingerprint density at radius 1 is 0.742 bits per heavy atom. The molecule has 31 heavy (non-hydrogen) atoms. The lowest BCUT2D eigenvalue weighted by Gasteiger charge is -2.09. The molecular weight excluding hydrogens is 378 g/mol. The average molecular weight is 404 g/mol. The molecule has 2 heterocycles. The van der Waals surface area contributed by atoms with Gasteiger partial charge in [-0.25, -0.2) is 0 Å². The molecule has 3 aromatic carbocycles. The Bertz CT molecular complexity index is 1270. The number of hydrogen-bond acceptors (Lipinski definition) is 2. The summed E-state index contributed by atoms with van der Waals surface area (Å²) in [6.07, 6.45) is 7.30. The highest BCUT2D eigenvalue weighted by Gasteiger charge is 2.04. The van der Waals surface area contributed by atoms with Crippen molar-refractivity contribution < 1.29 is 0 Å². The van der Waals surface area contributed by atoms with Gasteiger partial charge >= 0.3 is 0 Å². The van der Waals surface area contributed by atoms with E-state index in [-0.39, 0.29) is 0 Å². The molecule has 2 aromatic heterocycles. The SMILES string of the molecule is c1ccc(-c2cc(Nc3ccc(CCCc4c[nH]c5ccccc45)cc3)ccn2)cc1. The highest BCUT2D eigenvalue weighted by Crippen LogP contribution is 2.24. The zero-order valence-electron chi connectivity index (χ0n) is 17.4. The maximum atomic E-state index is 4.50. The van der Waals surface area contributed by atoms with Crippen LogP contribution in [0.15, 0.2) is 103 Å². The van der Waals surface area contributed by atoms with Crippen LogP contribution in [0.3, 0.4) is 0 Å². The molecule has 0 fully saturated rings. The van der Waals surface area contributed by atoms with Crippen LogP contribution in [0, 0.1) is 0 Å². The van der Waals surface area contributed by atoms with Gasteiger partial charge in [-0.15, -0.1) is 0 Å². The van der Waals surface area contributed by atoms with Crippen LogP contribution in [-0.2, 0) is 12.8 Å². The number of fused-ring (bicyclic) bond motifs is 1. The molecule has 0 atom stereocenters. The monoisotopic (exact) mass is 403 g/mol. The molecule has 5 rings (SSSR count). The number of aromatic nitrogens is 2. The second-order valence-corrected chi connectivity index (χ2v) is 7.83.